The molecule has 0 atom stereocenters. The second kappa shape index (κ2) is 7.78. The van der Waals surface area contributed by atoms with Crippen LogP contribution in [0.25, 0.3) is 16.8 Å². The van der Waals surface area contributed by atoms with E-state index < -0.39 is 4.92 Å². The van der Waals surface area contributed by atoms with Crippen molar-refractivity contribution in [2.24, 2.45) is 0 Å². The Morgan fingerprint density at radius 2 is 2.00 bits per heavy atom. The first kappa shape index (κ1) is 17.6. The summed E-state index contributed by atoms with van der Waals surface area (Å²) in [5.41, 5.74) is 2.14. The normalized spacial score (nSPS) is 11.0. The number of para-hydroxylation sites is 2. The lowest BCUT2D eigenvalue weighted by Crippen LogP contribution is -1.96. The van der Waals surface area contributed by atoms with Crippen LogP contribution < -0.4 is 5.32 Å². The highest BCUT2D eigenvalue weighted by atomic mass is 35.5. The zero-order valence-electron chi connectivity index (χ0n) is 13.2. The van der Waals surface area contributed by atoms with Gasteiger partial charge in [0.25, 0.3) is 5.69 Å². The monoisotopic (exact) mass is 382 g/mol. The Morgan fingerprint density at radius 1 is 1.27 bits per heavy atom. The molecule has 6 nitrogen and oxygen atoms in total. The molecule has 0 aliphatic heterocycles. The lowest BCUT2D eigenvalue weighted by Gasteiger charge is -2.02. The summed E-state index contributed by atoms with van der Waals surface area (Å²) >= 11 is 7.20. The van der Waals surface area contributed by atoms with Gasteiger partial charge in [-0.05, 0) is 18.2 Å². The van der Waals surface area contributed by atoms with Crippen LogP contribution in [0.4, 0.5) is 11.4 Å². The molecule has 3 rings (SSSR count). The molecule has 0 aliphatic carbocycles. The maximum absolute atomic E-state index is 11.1. The molecule has 2 aromatic carbocycles. The van der Waals surface area contributed by atoms with Gasteiger partial charge in [-0.15, -0.1) is 11.3 Å². The minimum absolute atomic E-state index is 0.0676. The smallest absolute Gasteiger partial charge is 0.292 e. The van der Waals surface area contributed by atoms with Crippen molar-refractivity contribution in [3.63, 3.8) is 0 Å². The second-order valence-electron chi connectivity index (χ2n) is 5.13. The van der Waals surface area contributed by atoms with Gasteiger partial charge >= 0.3 is 0 Å². The van der Waals surface area contributed by atoms with Gasteiger partial charge in [-0.2, -0.15) is 5.26 Å². The Labute approximate surface area is 158 Å². The van der Waals surface area contributed by atoms with Crippen LogP contribution >= 0.6 is 22.9 Å². The van der Waals surface area contributed by atoms with Crippen molar-refractivity contribution in [3.05, 3.63) is 80.3 Å². The molecule has 0 saturated carbocycles. The van der Waals surface area contributed by atoms with Crippen molar-refractivity contribution < 1.29 is 4.92 Å². The number of benzene rings is 2. The number of nitro benzene ring substituents is 1. The summed E-state index contributed by atoms with van der Waals surface area (Å²) in [5.74, 6) is 0. The molecule has 0 saturated heterocycles. The zero-order chi connectivity index (χ0) is 18.5. The molecule has 1 N–H and O–H groups in total. The van der Waals surface area contributed by atoms with Crippen LogP contribution in [-0.4, -0.2) is 9.91 Å². The van der Waals surface area contributed by atoms with E-state index in [1.54, 1.807) is 30.3 Å². The van der Waals surface area contributed by atoms with E-state index in [4.69, 9.17) is 11.6 Å². The molecule has 128 valence electrons. The summed E-state index contributed by atoms with van der Waals surface area (Å²) in [5, 5.41) is 26.3. The number of hydrogen-bond donors (Lipinski definition) is 1. The molecule has 0 amide bonds. The summed E-state index contributed by atoms with van der Waals surface area (Å²) in [4.78, 5) is 15.0. The number of hydrogen-bond acceptors (Lipinski definition) is 6. The Morgan fingerprint density at radius 3 is 2.69 bits per heavy atom. The highest BCUT2D eigenvalue weighted by Crippen LogP contribution is 2.28. The average molecular weight is 383 g/mol. The zero-order valence-corrected chi connectivity index (χ0v) is 14.8. The molecular formula is C18H11ClN4O2S. The SMILES string of the molecule is N#C/C(=C/Nc1ccccc1[N+](=O)[O-])c1nc(-c2ccc(Cl)cc2)cs1. The summed E-state index contributed by atoms with van der Waals surface area (Å²) in [6.45, 7) is 0. The molecule has 0 bridgehead atoms. The lowest BCUT2D eigenvalue weighted by atomic mass is 10.2. The Bertz CT molecular complexity index is 1020. The molecule has 3 aromatic rings. The van der Waals surface area contributed by atoms with Crippen molar-refractivity contribution >= 4 is 39.9 Å². The predicted molar refractivity (Wildman–Crippen MR) is 103 cm³/mol. The van der Waals surface area contributed by atoms with Crippen LogP contribution in [0, 0.1) is 21.4 Å². The Kier molecular flexibility index (Phi) is 5.27. The first-order valence-corrected chi connectivity index (χ1v) is 8.66. The van der Waals surface area contributed by atoms with Crippen LogP contribution in [0.3, 0.4) is 0 Å². The van der Waals surface area contributed by atoms with Gasteiger partial charge < -0.3 is 5.32 Å². The Balaban J connectivity index is 1.86. The third kappa shape index (κ3) is 3.88. The Hall–Kier alpha value is -3.21. The van der Waals surface area contributed by atoms with E-state index in [1.165, 1.54) is 23.6 Å². The minimum atomic E-state index is -0.482. The number of thiazole rings is 1. The highest BCUT2D eigenvalue weighted by molar-refractivity contribution is 7.11. The fourth-order valence-electron chi connectivity index (χ4n) is 2.20. The number of allylic oxidation sites excluding steroid dienone is 1. The molecule has 8 heteroatoms. The van der Waals surface area contributed by atoms with Crippen LogP contribution in [0.5, 0.6) is 0 Å². The van der Waals surface area contributed by atoms with Crippen molar-refractivity contribution in [2.75, 3.05) is 5.32 Å². The third-order valence-corrected chi connectivity index (χ3v) is 4.60. The summed E-state index contributed by atoms with van der Waals surface area (Å²) < 4.78 is 0. The van der Waals surface area contributed by atoms with Gasteiger partial charge in [0.1, 0.15) is 22.3 Å². The number of rotatable bonds is 5. The molecule has 0 aliphatic rings. The summed E-state index contributed by atoms with van der Waals surface area (Å²) in [6, 6.07) is 15.5. The number of aromatic nitrogens is 1. The number of anilines is 1. The fraction of sp³-hybridized carbons (Fsp3) is 0. The number of nitriles is 1. The van der Waals surface area contributed by atoms with Crippen LogP contribution in [-0.2, 0) is 0 Å². The maximum Gasteiger partial charge on any atom is 0.292 e. The fourth-order valence-corrected chi connectivity index (χ4v) is 3.12. The van der Waals surface area contributed by atoms with Crippen LogP contribution in [0.2, 0.25) is 5.02 Å². The first-order valence-electron chi connectivity index (χ1n) is 7.40. The molecule has 0 radical (unpaired) electrons. The lowest BCUT2D eigenvalue weighted by molar-refractivity contribution is -0.383. The van der Waals surface area contributed by atoms with Gasteiger partial charge in [-0.25, -0.2) is 4.98 Å². The number of halogens is 1. The van der Waals surface area contributed by atoms with Gasteiger partial charge in [0.15, 0.2) is 0 Å². The van der Waals surface area contributed by atoms with E-state index in [0.717, 1.165) is 11.3 Å². The van der Waals surface area contributed by atoms with Crippen molar-refractivity contribution in [2.45, 2.75) is 0 Å². The molecular weight excluding hydrogens is 372 g/mol. The number of nitro groups is 1. The van der Waals surface area contributed by atoms with Gasteiger partial charge in [0.2, 0.25) is 0 Å². The van der Waals surface area contributed by atoms with Crippen molar-refractivity contribution in [1.82, 2.24) is 4.98 Å². The van der Waals surface area contributed by atoms with E-state index in [9.17, 15) is 15.4 Å². The topological polar surface area (TPSA) is 91.8 Å². The summed E-state index contributed by atoms with van der Waals surface area (Å²) in [7, 11) is 0. The second-order valence-corrected chi connectivity index (χ2v) is 6.43. The standard InChI is InChI=1S/C18H11ClN4O2S/c19-14-7-5-12(6-8-14)16-11-26-18(22-16)13(9-20)10-21-15-3-1-2-4-17(15)23(24)25/h1-8,10-11,21H/b13-10-. The van der Waals surface area contributed by atoms with E-state index in [-0.39, 0.29) is 11.3 Å². The number of nitrogens with zero attached hydrogens (tertiary/aromatic N) is 3. The molecule has 0 fully saturated rings. The van der Waals surface area contributed by atoms with Crippen molar-refractivity contribution in [3.8, 4) is 17.3 Å². The third-order valence-electron chi connectivity index (χ3n) is 3.47. The van der Waals surface area contributed by atoms with E-state index in [2.05, 4.69) is 16.4 Å². The van der Waals surface area contributed by atoms with Gasteiger partial charge in [0.05, 0.1) is 10.6 Å². The highest BCUT2D eigenvalue weighted by Gasteiger charge is 2.13. The summed E-state index contributed by atoms with van der Waals surface area (Å²) in [6.07, 6.45) is 1.42. The first-order chi connectivity index (χ1) is 12.6. The largest absolute Gasteiger partial charge is 0.355 e. The maximum atomic E-state index is 11.1. The molecule has 0 spiro atoms. The van der Waals surface area contributed by atoms with E-state index in [0.29, 0.717) is 15.7 Å². The molecule has 0 unspecified atom stereocenters. The van der Waals surface area contributed by atoms with Gasteiger partial charge in [-0.1, -0.05) is 35.9 Å². The van der Waals surface area contributed by atoms with Crippen LogP contribution in [0.15, 0.2) is 60.1 Å². The predicted octanol–water partition coefficient (Wildman–Crippen LogP) is 5.35. The quantitative estimate of drug-likeness (QED) is 0.365. The number of nitrogens with one attached hydrogen (secondary N) is 1. The van der Waals surface area contributed by atoms with E-state index in [1.807, 2.05) is 17.5 Å². The molecule has 26 heavy (non-hydrogen) atoms. The van der Waals surface area contributed by atoms with E-state index >= 15 is 0 Å². The van der Waals surface area contributed by atoms with Gasteiger partial charge in [0, 0.05) is 28.2 Å². The average Bonchev–Trinajstić information content (AvgIpc) is 3.13. The van der Waals surface area contributed by atoms with Crippen LogP contribution in [0.1, 0.15) is 5.01 Å². The minimum Gasteiger partial charge on any atom is -0.355 e. The molecule has 1 heterocycles. The van der Waals surface area contributed by atoms with Crippen molar-refractivity contribution in [1.29, 1.82) is 5.26 Å². The van der Waals surface area contributed by atoms with Gasteiger partial charge in [-0.3, -0.25) is 10.1 Å². The molecule has 1 aromatic heterocycles.